The number of anilines is 1. The van der Waals surface area contributed by atoms with Gasteiger partial charge in [-0.3, -0.25) is 0 Å². The molecule has 0 aromatic heterocycles. The molecule has 0 radical (unpaired) electrons. The zero-order valence-electron chi connectivity index (χ0n) is 15.6. The van der Waals surface area contributed by atoms with Gasteiger partial charge in [0.05, 0.1) is 0 Å². The van der Waals surface area contributed by atoms with Gasteiger partial charge in [-0.15, -0.1) is 0 Å². The second-order valence-corrected chi connectivity index (χ2v) is 8.35. The average molecular weight is 387 g/mol. The molecule has 0 bridgehead atoms. The van der Waals surface area contributed by atoms with E-state index in [0.29, 0.717) is 0 Å². The van der Waals surface area contributed by atoms with Crippen molar-refractivity contribution in [1.29, 1.82) is 0 Å². The highest BCUT2D eigenvalue weighted by Gasteiger charge is 2.34. The lowest BCUT2D eigenvalue weighted by molar-refractivity contribution is 0.362. The van der Waals surface area contributed by atoms with Gasteiger partial charge in [0.2, 0.25) is 0 Å². The fraction of sp³-hybridized carbons (Fsp3) is 0.409. The quantitative estimate of drug-likeness (QED) is 0.599. The molecule has 2 N–H and O–H groups in total. The van der Waals surface area contributed by atoms with E-state index in [1.54, 1.807) is 0 Å². The molecule has 0 unspecified atom stereocenters. The fourth-order valence-electron chi connectivity index (χ4n) is 4.01. The van der Waals surface area contributed by atoms with Gasteiger partial charge in [0.25, 0.3) is 0 Å². The summed E-state index contributed by atoms with van der Waals surface area (Å²) in [7, 11) is 0. The van der Waals surface area contributed by atoms with Crippen LogP contribution in [-0.4, -0.2) is 10.7 Å². The molecule has 1 fully saturated rings. The minimum absolute atomic E-state index is 0.0716. The molecule has 1 saturated carbocycles. The van der Waals surface area contributed by atoms with Crippen LogP contribution in [0.2, 0.25) is 5.02 Å². The molecule has 2 aromatic carbocycles. The Labute approximate surface area is 167 Å². The van der Waals surface area contributed by atoms with Crippen molar-refractivity contribution in [3.05, 3.63) is 64.2 Å². The van der Waals surface area contributed by atoms with E-state index in [1.807, 2.05) is 12.1 Å². The van der Waals surface area contributed by atoms with Crippen molar-refractivity contribution in [2.75, 3.05) is 5.32 Å². The molecule has 26 heavy (non-hydrogen) atoms. The van der Waals surface area contributed by atoms with E-state index in [4.69, 9.17) is 23.8 Å². The Morgan fingerprint density at radius 1 is 1.08 bits per heavy atom. The Bertz CT molecular complexity index is 761. The summed E-state index contributed by atoms with van der Waals surface area (Å²) in [5.41, 5.74) is 4.83. The maximum Gasteiger partial charge on any atom is 0.171 e. The van der Waals surface area contributed by atoms with Crippen molar-refractivity contribution in [1.82, 2.24) is 5.32 Å². The van der Waals surface area contributed by atoms with E-state index in [2.05, 4.69) is 54.8 Å². The highest BCUT2D eigenvalue weighted by Crippen LogP contribution is 2.34. The Hall–Kier alpha value is -1.58. The smallest absolute Gasteiger partial charge is 0.171 e. The van der Waals surface area contributed by atoms with Gasteiger partial charge in [-0.2, -0.15) is 0 Å². The molecular weight excluding hydrogens is 360 g/mol. The van der Waals surface area contributed by atoms with Crippen LogP contribution in [0.3, 0.4) is 0 Å². The SMILES string of the molecule is Cc1cc(C)cc(NC(=S)NC2(CCc3ccccc3Cl)CCCC2)c1. The van der Waals surface area contributed by atoms with E-state index < -0.39 is 0 Å². The molecule has 0 spiro atoms. The fourth-order valence-corrected chi connectivity index (χ4v) is 4.58. The second kappa shape index (κ2) is 8.41. The third-order valence-electron chi connectivity index (χ3n) is 5.25. The number of thiocarbonyl (C=S) groups is 1. The largest absolute Gasteiger partial charge is 0.357 e. The number of hydrogen-bond donors (Lipinski definition) is 2. The second-order valence-electron chi connectivity index (χ2n) is 7.53. The summed E-state index contributed by atoms with van der Waals surface area (Å²) < 4.78 is 0. The minimum atomic E-state index is 0.0716. The van der Waals surface area contributed by atoms with Crippen LogP contribution in [0.4, 0.5) is 5.69 Å². The first kappa shape index (κ1) is 19.2. The van der Waals surface area contributed by atoms with Crippen molar-refractivity contribution in [3.8, 4) is 0 Å². The van der Waals surface area contributed by atoms with Crippen LogP contribution in [0.15, 0.2) is 42.5 Å². The molecule has 138 valence electrons. The van der Waals surface area contributed by atoms with Crippen LogP contribution < -0.4 is 10.6 Å². The van der Waals surface area contributed by atoms with E-state index in [1.165, 1.54) is 29.5 Å². The monoisotopic (exact) mass is 386 g/mol. The number of nitrogens with one attached hydrogen (secondary N) is 2. The number of halogens is 1. The van der Waals surface area contributed by atoms with E-state index in [-0.39, 0.29) is 5.54 Å². The molecule has 0 heterocycles. The summed E-state index contributed by atoms with van der Waals surface area (Å²) in [4.78, 5) is 0. The van der Waals surface area contributed by atoms with E-state index in [9.17, 15) is 0 Å². The molecule has 1 aliphatic rings. The topological polar surface area (TPSA) is 24.1 Å². The Balaban J connectivity index is 1.65. The number of benzene rings is 2. The lowest BCUT2D eigenvalue weighted by Gasteiger charge is -2.32. The van der Waals surface area contributed by atoms with Crippen LogP contribution in [0.25, 0.3) is 0 Å². The van der Waals surface area contributed by atoms with E-state index >= 15 is 0 Å². The van der Waals surface area contributed by atoms with Gasteiger partial charge < -0.3 is 10.6 Å². The van der Waals surface area contributed by atoms with Crippen LogP contribution in [0.1, 0.15) is 48.8 Å². The van der Waals surface area contributed by atoms with Crippen molar-refractivity contribution in [2.45, 2.75) is 57.9 Å². The highest BCUT2D eigenvalue weighted by atomic mass is 35.5. The first-order chi connectivity index (χ1) is 12.5. The van der Waals surface area contributed by atoms with Gasteiger partial charge in [0.15, 0.2) is 5.11 Å². The van der Waals surface area contributed by atoms with Gasteiger partial charge in [0.1, 0.15) is 0 Å². The molecule has 4 heteroatoms. The van der Waals surface area contributed by atoms with Crippen molar-refractivity contribution in [3.63, 3.8) is 0 Å². The Morgan fingerprint density at radius 3 is 2.38 bits per heavy atom. The summed E-state index contributed by atoms with van der Waals surface area (Å²) in [5.74, 6) is 0. The lowest BCUT2D eigenvalue weighted by atomic mass is 9.89. The molecule has 0 amide bonds. The molecule has 3 rings (SSSR count). The van der Waals surface area contributed by atoms with Crippen molar-refractivity contribution >= 4 is 34.6 Å². The van der Waals surface area contributed by atoms with Crippen molar-refractivity contribution < 1.29 is 0 Å². The summed E-state index contributed by atoms with van der Waals surface area (Å²) in [6.07, 6.45) is 6.84. The zero-order valence-corrected chi connectivity index (χ0v) is 17.1. The van der Waals surface area contributed by atoms with Gasteiger partial charge in [-0.05, 0) is 86.6 Å². The first-order valence-electron chi connectivity index (χ1n) is 9.37. The summed E-state index contributed by atoms with van der Waals surface area (Å²) in [6.45, 7) is 4.22. The average Bonchev–Trinajstić information content (AvgIpc) is 3.01. The van der Waals surface area contributed by atoms with Crippen LogP contribution in [0.5, 0.6) is 0 Å². The third kappa shape index (κ3) is 4.99. The normalized spacial score (nSPS) is 15.7. The Morgan fingerprint density at radius 2 is 1.73 bits per heavy atom. The number of aryl methyl sites for hydroxylation is 3. The molecule has 1 aliphatic carbocycles. The maximum absolute atomic E-state index is 6.34. The van der Waals surface area contributed by atoms with Crippen LogP contribution >= 0.6 is 23.8 Å². The standard InChI is InChI=1S/C22H27ClN2S/c1-16-13-17(2)15-19(14-16)24-21(26)25-22(10-5-6-11-22)12-9-18-7-3-4-8-20(18)23/h3-4,7-8,13-15H,5-6,9-12H2,1-2H3,(H2,24,25,26). The molecule has 0 atom stereocenters. The van der Waals surface area contributed by atoms with E-state index in [0.717, 1.165) is 41.5 Å². The summed E-state index contributed by atoms with van der Waals surface area (Å²) in [5, 5.41) is 8.60. The van der Waals surface area contributed by atoms with Crippen molar-refractivity contribution in [2.24, 2.45) is 0 Å². The van der Waals surface area contributed by atoms with Crippen LogP contribution in [0, 0.1) is 13.8 Å². The van der Waals surface area contributed by atoms with Gasteiger partial charge in [-0.25, -0.2) is 0 Å². The molecule has 0 aliphatic heterocycles. The van der Waals surface area contributed by atoms with Gasteiger partial charge in [0, 0.05) is 16.2 Å². The number of rotatable bonds is 5. The minimum Gasteiger partial charge on any atom is -0.357 e. The molecule has 0 saturated heterocycles. The summed E-state index contributed by atoms with van der Waals surface area (Å²) >= 11 is 12.0. The highest BCUT2D eigenvalue weighted by molar-refractivity contribution is 7.80. The zero-order chi connectivity index (χ0) is 18.6. The van der Waals surface area contributed by atoms with Crippen LogP contribution in [-0.2, 0) is 6.42 Å². The first-order valence-corrected chi connectivity index (χ1v) is 10.2. The molecular formula is C22H27ClN2S. The third-order valence-corrected chi connectivity index (χ3v) is 5.82. The number of hydrogen-bond acceptors (Lipinski definition) is 1. The maximum atomic E-state index is 6.34. The van der Waals surface area contributed by atoms with Gasteiger partial charge in [-0.1, -0.05) is 48.7 Å². The van der Waals surface area contributed by atoms with Gasteiger partial charge >= 0.3 is 0 Å². The predicted molar refractivity (Wildman–Crippen MR) is 116 cm³/mol. The molecule has 2 nitrogen and oxygen atoms in total. The predicted octanol–water partition coefficient (Wildman–Crippen LogP) is 6.19. The Kier molecular flexibility index (Phi) is 6.20. The summed E-state index contributed by atoms with van der Waals surface area (Å²) in [6, 6.07) is 14.6. The lowest BCUT2D eigenvalue weighted by Crippen LogP contribution is -2.48. The molecule has 2 aromatic rings.